The van der Waals surface area contributed by atoms with Crippen molar-refractivity contribution < 1.29 is 23.5 Å². The minimum Gasteiger partial charge on any atom is -0.478 e. The number of amides is 1. The van der Waals surface area contributed by atoms with Crippen LogP contribution in [-0.4, -0.2) is 17.0 Å². The van der Waals surface area contributed by atoms with Gasteiger partial charge in [-0.1, -0.05) is 11.6 Å². The van der Waals surface area contributed by atoms with E-state index in [1.165, 1.54) is 0 Å². The summed E-state index contributed by atoms with van der Waals surface area (Å²) in [7, 11) is 0. The van der Waals surface area contributed by atoms with Crippen LogP contribution in [0, 0.1) is 11.6 Å². The maximum Gasteiger partial charge on any atom is 0.337 e. The maximum atomic E-state index is 13.2. The maximum absolute atomic E-state index is 13.2. The molecule has 0 fully saturated rings. The molecule has 0 aliphatic carbocycles. The Bertz CT molecular complexity index is 476. The van der Waals surface area contributed by atoms with Gasteiger partial charge in [0.25, 0.3) is 0 Å². The van der Waals surface area contributed by atoms with Gasteiger partial charge in [-0.15, -0.1) is 0 Å². The molecule has 0 radical (unpaired) electrons. The SMILES string of the molecule is CC(=O)Nc1c(F)c(F)cc(C(=O)O)c1Cl. The lowest BCUT2D eigenvalue weighted by atomic mass is 10.1. The Labute approximate surface area is 93.8 Å². The first-order valence-electron chi connectivity index (χ1n) is 4.03. The molecule has 1 amide bonds. The van der Waals surface area contributed by atoms with Crippen LogP contribution in [0.25, 0.3) is 0 Å². The number of nitrogens with one attached hydrogen (secondary N) is 1. The van der Waals surface area contributed by atoms with Crippen molar-refractivity contribution in [2.45, 2.75) is 6.92 Å². The van der Waals surface area contributed by atoms with E-state index in [0.29, 0.717) is 6.07 Å². The van der Waals surface area contributed by atoms with Gasteiger partial charge in [-0.2, -0.15) is 0 Å². The molecule has 4 nitrogen and oxygen atoms in total. The van der Waals surface area contributed by atoms with Crippen molar-refractivity contribution >= 4 is 29.2 Å². The Morgan fingerprint density at radius 1 is 1.44 bits per heavy atom. The number of carboxylic acids is 1. The molecule has 0 aliphatic rings. The van der Waals surface area contributed by atoms with E-state index in [-0.39, 0.29) is 0 Å². The zero-order valence-corrected chi connectivity index (χ0v) is 8.73. The van der Waals surface area contributed by atoms with Crippen molar-refractivity contribution in [2.75, 3.05) is 5.32 Å². The number of rotatable bonds is 2. The van der Waals surface area contributed by atoms with Crippen molar-refractivity contribution in [1.82, 2.24) is 0 Å². The largest absolute Gasteiger partial charge is 0.478 e. The molecule has 0 aliphatic heterocycles. The fourth-order valence-corrected chi connectivity index (χ4v) is 1.31. The average molecular weight is 250 g/mol. The molecule has 1 rings (SSSR count). The first-order valence-corrected chi connectivity index (χ1v) is 4.40. The molecular weight excluding hydrogens is 244 g/mol. The van der Waals surface area contributed by atoms with Gasteiger partial charge >= 0.3 is 5.97 Å². The van der Waals surface area contributed by atoms with Gasteiger partial charge in [0.2, 0.25) is 5.91 Å². The van der Waals surface area contributed by atoms with E-state index in [1.807, 2.05) is 5.32 Å². The number of aromatic carboxylic acids is 1. The molecule has 16 heavy (non-hydrogen) atoms. The second-order valence-corrected chi connectivity index (χ2v) is 3.27. The third-order valence-corrected chi connectivity index (χ3v) is 2.08. The van der Waals surface area contributed by atoms with Gasteiger partial charge in [0.05, 0.1) is 16.3 Å². The molecule has 0 unspecified atom stereocenters. The summed E-state index contributed by atoms with van der Waals surface area (Å²) < 4.78 is 26.2. The highest BCUT2D eigenvalue weighted by atomic mass is 35.5. The monoisotopic (exact) mass is 249 g/mol. The van der Waals surface area contributed by atoms with Gasteiger partial charge in [-0.3, -0.25) is 4.79 Å². The van der Waals surface area contributed by atoms with E-state index in [4.69, 9.17) is 16.7 Å². The molecule has 0 saturated carbocycles. The summed E-state index contributed by atoms with van der Waals surface area (Å²) >= 11 is 5.52. The minimum atomic E-state index is -1.52. The Kier molecular flexibility index (Phi) is 3.44. The quantitative estimate of drug-likeness (QED) is 0.790. The van der Waals surface area contributed by atoms with E-state index in [0.717, 1.165) is 6.92 Å². The lowest BCUT2D eigenvalue weighted by molar-refractivity contribution is -0.114. The van der Waals surface area contributed by atoms with Crippen molar-refractivity contribution in [3.05, 3.63) is 28.3 Å². The van der Waals surface area contributed by atoms with Crippen LogP contribution < -0.4 is 5.32 Å². The highest BCUT2D eigenvalue weighted by Gasteiger charge is 2.21. The molecule has 86 valence electrons. The number of halogens is 3. The Hall–Kier alpha value is -1.69. The summed E-state index contributed by atoms with van der Waals surface area (Å²) in [6.07, 6.45) is 0. The van der Waals surface area contributed by atoms with Crippen LogP contribution in [0.3, 0.4) is 0 Å². The summed E-state index contributed by atoms with van der Waals surface area (Å²) in [5, 5.41) is 10.0. The Balaban J connectivity index is 3.45. The summed E-state index contributed by atoms with van der Waals surface area (Å²) in [5.41, 5.74) is -1.30. The lowest BCUT2D eigenvalue weighted by Gasteiger charge is -2.09. The van der Waals surface area contributed by atoms with Crippen LogP contribution in [0.5, 0.6) is 0 Å². The normalized spacial score (nSPS) is 10.0. The van der Waals surface area contributed by atoms with Crippen LogP contribution in [0.15, 0.2) is 6.07 Å². The van der Waals surface area contributed by atoms with Crippen molar-refractivity contribution in [3.8, 4) is 0 Å². The van der Waals surface area contributed by atoms with Crippen LogP contribution in [0.1, 0.15) is 17.3 Å². The number of hydrogen-bond donors (Lipinski definition) is 2. The molecule has 1 aromatic rings. The smallest absolute Gasteiger partial charge is 0.337 e. The third-order valence-electron chi connectivity index (χ3n) is 1.69. The topological polar surface area (TPSA) is 66.4 Å². The zero-order chi connectivity index (χ0) is 12.5. The molecule has 0 bridgehead atoms. The van der Waals surface area contributed by atoms with Gasteiger partial charge in [0.15, 0.2) is 11.6 Å². The summed E-state index contributed by atoms with van der Waals surface area (Å²) in [6, 6.07) is 0.450. The van der Waals surface area contributed by atoms with E-state index in [1.54, 1.807) is 0 Å². The molecule has 0 aromatic heterocycles. The van der Waals surface area contributed by atoms with Gasteiger partial charge in [-0.05, 0) is 6.07 Å². The summed E-state index contributed by atoms with van der Waals surface area (Å²) in [5.74, 6) is -5.01. The number of carbonyl (C=O) groups excluding carboxylic acids is 1. The van der Waals surface area contributed by atoms with Crippen LogP contribution in [0.2, 0.25) is 5.02 Å². The number of benzene rings is 1. The Morgan fingerprint density at radius 3 is 2.44 bits per heavy atom. The molecule has 0 heterocycles. The second-order valence-electron chi connectivity index (χ2n) is 2.90. The number of carboxylic acid groups (broad SMARTS) is 1. The van der Waals surface area contributed by atoms with E-state index >= 15 is 0 Å². The summed E-state index contributed by atoms with van der Waals surface area (Å²) in [4.78, 5) is 21.3. The van der Waals surface area contributed by atoms with E-state index < -0.39 is 39.8 Å². The number of carbonyl (C=O) groups is 2. The lowest BCUT2D eigenvalue weighted by Crippen LogP contribution is -2.11. The minimum absolute atomic E-state index is 0.450. The van der Waals surface area contributed by atoms with Gasteiger partial charge in [0, 0.05) is 6.92 Å². The fraction of sp³-hybridized carbons (Fsp3) is 0.111. The first kappa shape index (κ1) is 12.4. The first-order chi connectivity index (χ1) is 7.34. The number of anilines is 1. The van der Waals surface area contributed by atoms with Gasteiger partial charge in [-0.25, -0.2) is 13.6 Å². The zero-order valence-electron chi connectivity index (χ0n) is 7.97. The summed E-state index contributed by atoms with van der Waals surface area (Å²) in [6.45, 7) is 1.06. The molecule has 7 heteroatoms. The van der Waals surface area contributed by atoms with E-state index in [9.17, 15) is 18.4 Å². The van der Waals surface area contributed by atoms with Crippen LogP contribution in [-0.2, 0) is 4.79 Å². The predicted molar refractivity (Wildman–Crippen MR) is 52.6 cm³/mol. The molecule has 0 spiro atoms. The Morgan fingerprint density at radius 2 is 2.00 bits per heavy atom. The molecule has 0 saturated heterocycles. The third kappa shape index (κ3) is 2.27. The fourth-order valence-electron chi connectivity index (χ4n) is 1.05. The van der Waals surface area contributed by atoms with Crippen LogP contribution in [0.4, 0.5) is 14.5 Å². The van der Waals surface area contributed by atoms with Crippen molar-refractivity contribution in [3.63, 3.8) is 0 Å². The highest BCUT2D eigenvalue weighted by molar-refractivity contribution is 6.36. The van der Waals surface area contributed by atoms with Crippen LogP contribution >= 0.6 is 11.6 Å². The van der Waals surface area contributed by atoms with Gasteiger partial charge in [0.1, 0.15) is 0 Å². The van der Waals surface area contributed by atoms with Gasteiger partial charge < -0.3 is 10.4 Å². The van der Waals surface area contributed by atoms with Crippen molar-refractivity contribution in [2.24, 2.45) is 0 Å². The molecule has 1 aromatic carbocycles. The van der Waals surface area contributed by atoms with E-state index in [2.05, 4.69) is 0 Å². The predicted octanol–water partition coefficient (Wildman–Crippen LogP) is 2.27. The molecular formula is C9H6ClF2NO3. The standard InChI is InChI=1S/C9H6ClF2NO3/c1-3(14)13-8-6(10)4(9(15)16)2-5(11)7(8)12/h2H,1H3,(H,13,14)(H,15,16). The highest BCUT2D eigenvalue weighted by Crippen LogP contribution is 2.31. The molecule has 0 atom stereocenters. The second kappa shape index (κ2) is 4.44. The van der Waals surface area contributed by atoms with Crippen molar-refractivity contribution in [1.29, 1.82) is 0 Å². The number of hydrogen-bond acceptors (Lipinski definition) is 2. The molecule has 2 N–H and O–H groups in total. The average Bonchev–Trinajstić information content (AvgIpc) is 2.17.